The molecule has 0 atom stereocenters. The highest BCUT2D eigenvalue weighted by Gasteiger charge is 2.08. The maximum Gasteiger partial charge on any atom is 0.234 e. The van der Waals surface area contributed by atoms with E-state index in [2.05, 4.69) is 5.32 Å². The van der Waals surface area contributed by atoms with Crippen molar-refractivity contribution in [1.82, 2.24) is 0 Å². The fourth-order valence-electron chi connectivity index (χ4n) is 2.05. The Morgan fingerprint density at radius 2 is 1.75 bits per heavy atom. The third kappa shape index (κ3) is 5.09. The molecule has 0 spiro atoms. The monoisotopic (exact) mass is 347 g/mol. The molecule has 1 N–H and O–H groups in total. The van der Waals surface area contributed by atoms with Gasteiger partial charge in [0.05, 0.1) is 26.6 Å². The lowest BCUT2D eigenvalue weighted by Gasteiger charge is -2.10. The Hall–Kier alpha value is -2.34. The van der Waals surface area contributed by atoms with Crippen LogP contribution in [0.5, 0.6) is 17.2 Å². The number of hydrogen-bond donors (Lipinski definition) is 1. The van der Waals surface area contributed by atoms with Crippen LogP contribution in [0.2, 0.25) is 0 Å². The third-order valence-corrected chi connectivity index (χ3v) is 4.17. The van der Waals surface area contributed by atoms with Crippen LogP contribution in [0.1, 0.15) is 6.92 Å². The van der Waals surface area contributed by atoms with Gasteiger partial charge in [-0.15, -0.1) is 11.8 Å². The quantitative estimate of drug-likeness (QED) is 0.736. The SMILES string of the molecule is CCOc1ccc(NC(=O)CSc2ccc(OC)c(OC)c2)cc1. The fraction of sp³-hybridized carbons (Fsp3) is 0.278. The zero-order chi connectivity index (χ0) is 17.4. The molecule has 0 aliphatic rings. The van der Waals surface area contributed by atoms with Gasteiger partial charge in [0.2, 0.25) is 5.91 Å². The average Bonchev–Trinajstić information content (AvgIpc) is 2.61. The van der Waals surface area contributed by atoms with Crippen LogP contribution in [0, 0.1) is 0 Å². The van der Waals surface area contributed by atoms with Gasteiger partial charge in [0.1, 0.15) is 5.75 Å². The number of carbonyl (C=O) groups is 1. The van der Waals surface area contributed by atoms with Crippen LogP contribution in [0.3, 0.4) is 0 Å². The van der Waals surface area contributed by atoms with E-state index in [-0.39, 0.29) is 5.91 Å². The van der Waals surface area contributed by atoms with E-state index in [0.717, 1.165) is 16.3 Å². The van der Waals surface area contributed by atoms with Gasteiger partial charge in [-0.05, 0) is 49.4 Å². The smallest absolute Gasteiger partial charge is 0.234 e. The number of benzene rings is 2. The molecule has 0 unspecified atom stereocenters. The first kappa shape index (κ1) is 18.0. The van der Waals surface area contributed by atoms with Gasteiger partial charge in [0, 0.05) is 10.6 Å². The molecule has 0 aliphatic carbocycles. The Bertz CT molecular complexity index is 673. The highest BCUT2D eigenvalue weighted by molar-refractivity contribution is 8.00. The zero-order valence-corrected chi connectivity index (χ0v) is 14.8. The molecule has 0 aliphatic heterocycles. The summed E-state index contributed by atoms with van der Waals surface area (Å²) in [4.78, 5) is 13.0. The summed E-state index contributed by atoms with van der Waals surface area (Å²) in [6.07, 6.45) is 0. The number of rotatable bonds is 8. The standard InChI is InChI=1S/C18H21NO4S/c1-4-23-14-7-5-13(6-8-14)19-18(20)12-24-15-9-10-16(21-2)17(11-15)22-3/h5-11H,4,12H2,1-3H3,(H,19,20). The van der Waals surface area contributed by atoms with E-state index in [1.165, 1.54) is 11.8 Å². The molecule has 0 saturated heterocycles. The first-order valence-corrected chi connectivity index (χ1v) is 8.52. The van der Waals surface area contributed by atoms with Crippen LogP contribution in [0.4, 0.5) is 5.69 Å². The van der Waals surface area contributed by atoms with Crippen LogP contribution in [-0.2, 0) is 4.79 Å². The van der Waals surface area contributed by atoms with E-state index in [1.807, 2.05) is 49.4 Å². The number of thioether (sulfide) groups is 1. The molecule has 1 amide bonds. The van der Waals surface area contributed by atoms with Crippen LogP contribution in [-0.4, -0.2) is 32.5 Å². The summed E-state index contributed by atoms with van der Waals surface area (Å²) in [6.45, 7) is 2.55. The molecule has 2 aromatic carbocycles. The minimum absolute atomic E-state index is 0.0704. The summed E-state index contributed by atoms with van der Waals surface area (Å²) in [5.74, 6) is 2.34. The number of carbonyl (C=O) groups excluding carboxylic acids is 1. The first-order chi connectivity index (χ1) is 11.7. The summed E-state index contributed by atoms with van der Waals surface area (Å²) in [6, 6.07) is 12.9. The number of nitrogens with one attached hydrogen (secondary N) is 1. The van der Waals surface area contributed by atoms with Crippen molar-refractivity contribution in [1.29, 1.82) is 0 Å². The van der Waals surface area contributed by atoms with E-state index in [1.54, 1.807) is 14.2 Å². The Morgan fingerprint density at radius 1 is 1.04 bits per heavy atom. The predicted octanol–water partition coefficient (Wildman–Crippen LogP) is 3.83. The van der Waals surface area contributed by atoms with Gasteiger partial charge in [0.15, 0.2) is 11.5 Å². The minimum atomic E-state index is -0.0704. The van der Waals surface area contributed by atoms with Crippen LogP contribution >= 0.6 is 11.8 Å². The fourth-order valence-corrected chi connectivity index (χ4v) is 2.78. The lowest BCUT2D eigenvalue weighted by atomic mass is 10.3. The number of methoxy groups -OCH3 is 2. The maximum atomic E-state index is 12.1. The summed E-state index contributed by atoms with van der Waals surface area (Å²) in [5.41, 5.74) is 0.747. The van der Waals surface area contributed by atoms with E-state index in [0.29, 0.717) is 23.9 Å². The number of anilines is 1. The third-order valence-electron chi connectivity index (χ3n) is 3.17. The van der Waals surface area contributed by atoms with Crippen molar-refractivity contribution < 1.29 is 19.0 Å². The molecule has 0 saturated carbocycles. The van der Waals surface area contributed by atoms with Gasteiger partial charge in [-0.3, -0.25) is 4.79 Å². The Balaban J connectivity index is 1.88. The van der Waals surface area contributed by atoms with Gasteiger partial charge < -0.3 is 19.5 Å². The molecule has 24 heavy (non-hydrogen) atoms. The van der Waals surface area contributed by atoms with Gasteiger partial charge in [-0.2, -0.15) is 0 Å². The minimum Gasteiger partial charge on any atom is -0.494 e. The topological polar surface area (TPSA) is 56.8 Å². The van der Waals surface area contributed by atoms with Gasteiger partial charge >= 0.3 is 0 Å². The van der Waals surface area contributed by atoms with E-state index in [4.69, 9.17) is 14.2 Å². The largest absolute Gasteiger partial charge is 0.494 e. The zero-order valence-electron chi connectivity index (χ0n) is 14.0. The van der Waals surface area contributed by atoms with E-state index < -0.39 is 0 Å². The molecule has 2 aromatic rings. The highest BCUT2D eigenvalue weighted by atomic mass is 32.2. The second kappa shape index (κ2) is 9.08. The van der Waals surface area contributed by atoms with Crippen molar-refractivity contribution >= 4 is 23.4 Å². The van der Waals surface area contributed by atoms with Gasteiger partial charge in [-0.25, -0.2) is 0 Å². The number of hydrogen-bond acceptors (Lipinski definition) is 5. The highest BCUT2D eigenvalue weighted by Crippen LogP contribution is 2.31. The Labute approximate surface area is 146 Å². The molecule has 0 heterocycles. The molecule has 6 heteroatoms. The molecule has 5 nitrogen and oxygen atoms in total. The molecular weight excluding hydrogens is 326 g/mol. The van der Waals surface area contributed by atoms with Crippen LogP contribution in [0.25, 0.3) is 0 Å². The normalized spacial score (nSPS) is 10.1. The molecule has 0 fully saturated rings. The molecular formula is C18H21NO4S. The van der Waals surface area contributed by atoms with E-state index in [9.17, 15) is 4.79 Å². The molecule has 0 radical (unpaired) electrons. The Kier molecular flexibility index (Phi) is 6.81. The number of amides is 1. The number of ether oxygens (including phenoxy) is 3. The second-order valence-corrected chi connectivity index (χ2v) is 5.86. The van der Waals surface area contributed by atoms with Crippen LogP contribution in [0.15, 0.2) is 47.4 Å². The summed E-state index contributed by atoms with van der Waals surface area (Å²) < 4.78 is 15.8. The van der Waals surface area contributed by atoms with Crippen molar-refractivity contribution in [3.8, 4) is 17.2 Å². The van der Waals surface area contributed by atoms with E-state index >= 15 is 0 Å². The van der Waals surface area contributed by atoms with Gasteiger partial charge in [-0.1, -0.05) is 0 Å². The van der Waals surface area contributed by atoms with Crippen molar-refractivity contribution in [3.63, 3.8) is 0 Å². The van der Waals surface area contributed by atoms with Gasteiger partial charge in [0.25, 0.3) is 0 Å². The first-order valence-electron chi connectivity index (χ1n) is 7.53. The lowest BCUT2D eigenvalue weighted by molar-refractivity contribution is -0.113. The van der Waals surface area contributed by atoms with Crippen molar-refractivity contribution in [2.75, 3.05) is 31.9 Å². The van der Waals surface area contributed by atoms with Crippen molar-refractivity contribution in [2.45, 2.75) is 11.8 Å². The Morgan fingerprint density at radius 3 is 2.38 bits per heavy atom. The summed E-state index contributed by atoms with van der Waals surface area (Å²) in [5, 5.41) is 2.86. The summed E-state index contributed by atoms with van der Waals surface area (Å²) in [7, 11) is 3.18. The maximum absolute atomic E-state index is 12.1. The average molecular weight is 347 g/mol. The van der Waals surface area contributed by atoms with Crippen LogP contribution < -0.4 is 19.5 Å². The second-order valence-electron chi connectivity index (χ2n) is 4.81. The molecule has 0 aromatic heterocycles. The lowest BCUT2D eigenvalue weighted by Crippen LogP contribution is -2.13. The predicted molar refractivity (Wildman–Crippen MR) is 96.5 cm³/mol. The van der Waals surface area contributed by atoms with Crippen molar-refractivity contribution in [2.24, 2.45) is 0 Å². The molecule has 0 bridgehead atoms. The summed E-state index contributed by atoms with van der Waals surface area (Å²) >= 11 is 1.44. The molecule has 128 valence electrons. The van der Waals surface area contributed by atoms with Crippen molar-refractivity contribution in [3.05, 3.63) is 42.5 Å². The molecule has 2 rings (SSSR count).